The lowest BCUT2D eigenvalue weighted by Crippen LogP contribution is -2.43. The van der Waals surface area contributed by atoms with Gasteiger partial charge in [-0.1, -0.05) is 0 Å². The van der Waals surface area contributed by atoms with Crippen molar-refractivity contribution in [3.8, 4) is 0 Å². The van der Waals surface area contributed by atoms with Gasteiger partial charge in [-0.15, -0.1) is 0 Å². The number of hydrogen-bond donors (Lipinski definition) is 1. The topological polar surface area (TPSA) is 28.2 Å². The Kier molecular flexibility index (Phi) is 3.22. The van der Waals surface area contributed by atoms with Crippen molar-refractivity contribution < 1.29 is 13.2 Å². The first-order chi connectivity index (χ1) is 9.02. The van der Waals surface area contributed by atoms with E-state index in [0.29, 0.717) is 18.3 Å². The number of alkyl halides is 3. The lowest BCUT2D eigenvalue weighted by atomic mass is 10.1. The van der Waals surface area contributed by atoms with E-state index in [9.17, 15) is 13.2 Å². The van der Waals surface area contributed by atoms with Crippen molar-refractivity contribution in [1.29, 1.82) is 0 Å². The zero-order valence-corrected chi connectivity index (χ0v) is 10.5. The normalized spacial score (nSPS) is 27.1. The third-order valence-electron chi connectivity index (χ3n) is 4.02. The number of fused-ring (bicyclic) bond motifs is 2. The Balaban J connectivity index is 1.56. The van der Waals surface area contributed by atoms with Gasteiger partial charge < -0.3 is 0 Å². The first kappa shape index (κ1) is 12.9. The Morgan fingerprint density at radius 1 is 1.32 bits per heavy atom. The average molecular weight is 271 g/mol. The van der Waals surface area contributed by atoms with E-state index >= 15 is 0 Å². The van der Waals surface area contributed by atoms with Crippen LogP contribution in [0.25, 0.3) is 0 Å². The fraction of sp³-hybridized carbons (Fsp3) is 0.615. The number of hydrogen-bond acceptors (Lipinski definition) is 3. The zero-order chi connectivity index (χ0) is 13.5. The van der Waals surface area contributed by atoms with Crippen LogP contribution in [0.3, 0.4) is 0 Å². The molecule has 1 aliphatic carbocycles. The standard InChI is InChI=1S/C13H16F3N3/c14-13(15,16)10-2-3-11(17-6-10)7-18-19-8-9-1-4-12(19)5-9/h2-3,6,9,12,18H,1,4-5,7-8H2/t9-,12+/m0/s1. The van der Waals surface area contributed by atoms with Crippen molar-refractivity contribution >= 4 is 0 Å². The number of rotatable bonds is 3. The molecule has 2 aliphatic rings. The van der Waals surface area contributed by atoms with Crippen LogP contribution in [0.1, 0.15) is 30.5 Å². The largest absolute Gasteiger partial charge is 0.417 e. The highest BCUT2D eigenvalue weighted by Crippen LogP contribution is 2.36. The molecular weight excluding hydrogens is 255 g/mol. The molecule has 3 nitrogen and oxygen atoms in total. The molecular formula is C13H16F3N3. The van der Waals surface area contributed by atoms with Gasteiger partial charge in [-0.3, -0.25) is 4.98 Å². The summed E-state index contributed by atoms with van der Waals surface area (Å²) in [6.07, 6.45) is 0.354. The third kappa shape index (κ3) is 2.74. The number of halogens is 3. The molecule has 104 valence electrons. The molecule has 1 saturated heterocycles. The lowest BCUT2D eigenvalue weighted by molar-refractivity contribution is -0.137. The predicted octanol–water partition coefficient (Wildman–Crippen LogP) is 2.59. The van der Waals surface area contributed by atoms with Crippen LogP contribution in [-0.4, -0.2) is 22.6 Å². The molecule has 0 unspecified atom stereocenters. The molecule has 2 bridgehead atoms. The van der Waals surface area contributed by atoms with Gasteiger partial charge >= 0.3 is 6.18 Å². The molecule has 19 heavy (non-hydrogen) atoms. The monoisotopic (exact) mass is 271 g/mol. The van der Waals surface area contributed by atoms with Crippen LogP contribution < -0.4 is 5.43 Å². The maximum absolute atomic E-state index is 12.4. The predicted molar refractivity (Wildman–Crippen MR) is 63.9 cm³/mol. The summed E-state index contributed by atoms with van der Waals surface area (Å²) in [4.78, 5) is 3.86. The van der Waals surface area contributed by atoms with Gasteiger partial charge in [0.05, 0.1) is 17.8 Å². The highest BCUT2D eigenvalue weighted by Gasteiger charge is 2.37. The number of aromatic nitrogens is 1. The Labute approximate surface area is 109 Å². The summed E-state index contributed by atoms with van der Waals surface area (Å²) in [7, 11) is 0. The van der Waals surface area contributed by atoms with E-state index in [-0.39, 0.29) is 0 Å². The highest BCUT2D eigenvalue weighted by atomic mass is 19.4. The number of pyridine rings is 1. The summed E-state index contributed by atoms with van der Waals surface area (Å²) in [5, 5.41) is 2.22. The fourth-order valence-electron chi connectivity index (χ4n) is 3.00. The minimum Gasteiger partial charge on any atom is -0.259 e. The van der Waals surface area contributed by atoms with E-state index in [1.807, 2.05) is 0 Å². The molecule has 0 radical (unpaired) electrons. The number of nitrogens with one attached hydrogen (secondary N) is 1. The van der Waals surface area contributed by atoms with Gasteiger partial charge in [0.15, 0.2) is 0 Å². The van der Waals surface area contributed by atoms with Crippen molar-refractivity contribution in [1.82, 2.24) is 15.4 Å². The van der Waals surface area contributed by atoms with Crippen LogP contribution in [0.4, 0.5) is 13.2 Å². The van der Waals surface area contributed by atoms with Gasteiger partial charge in [-0.05, 0) is 37.3 Å². The molecule has 0 aromatic carbocycles. The minimum atomic E-state index is -4.31. The third-order valence-corrected chi connectivity index (χ3v) is 4.02. The average Bonchev–Trinajstić information content (AvgIpc) is 2.98. The van der Waals surface area contributed by atoms with Crippen molar-refractivity contribution in [3.63, 3.8) is 0 Å². The van der Waals surface area contributed by atoms with Gasteiger partial charge in [0.2, 0.25) is 0 Å². The molecule has 0 amide bonds. The Morgan fingerprint density at radius 2 is 2.16 bits per heavy atom. The molecule has 1 aromatic rings. The number of hydrazine groups is 1. The minimum absolute atomic E-state index is 0.487. The summed E-state index contributed by atoms with van der Waals surface area (Å²) < 4.78 is 37.2. The van der Waals surface area contributed by atoms with Crippen LogP contribution in [0, 0.1) is 5.92 Å². The van der Waals surface area contributed by atoms with Gasteiger partial charge in [-0.25, -0.2) is 10.4 Å². The quantitative estimate of drug-likeness (QED) is 0.916. The van der Waals surface area contributed by atoms with Crippen LogP contribution in [0.5, 0.6) is 0 Å². The van der Waals surface area contributed by atoms with Crippen LogP contribution in [0.15, 0.2) is 18.3 Å². The van der Waals surface area contributed by atoms with E-state index in [1.165, 1.54) is 25.3 Å². The van der Waals surface area contributed by atoms with Crippen LogP contribution in [-0.2, 0) is 12.7 Å². The van der Waals surface area contributed by atoms with E-state index in [4.69, 9.17) is 0 Å². The van der Waals surface area contributed by atoms with Crippen molar-refractivity contribution in [2.75, 3.05) is 6.54 Å². The number of nitrogens with zero attached hydrogens (tertiary/aromatic N) is 2. The second kappa shape index (κ2) is 4.76. The molecule has 2 atom stereocenters. The van der Waals surface area contributed by atoms with Gasteiger partial charge in [0.25, 0.3) is 0 Å². The molecule has 1 saturated carbocycles. The SMILES string of the molecule is FC(F)(F)c1ccc(CNN2C[C@H]3CC[C@@H]2C3)nc1. The maximum atomic E-state index is 12.4. The molecule has 1 aliphatic heterocycles. The Bertz CT molecular complexity index is 443. The second-order valence-electron chi connectivity index (χ2n) is 5.36. The maximum Gasteiger partial charge on any atom is 0.417 e. The molecule has 1 aromatic heterocycles. The zero-order valence-electron chi connectivity index (χ0n) is 10.5. The first-order valence-electron chi connectivity index (χ1n) is 6.54. The van der Waals surface area contributed by atoms with Crippen molar-refractivity contribution in [3.05, 3.63) is 29.6 Å². The van der Waals surface area contributed by atoms with E-state index in [2.05, 4.69) is 15.4 Å². The first-order valence-corrected chi connectivity index (χ1v) is 6.54. The highest BCUT2D eigenvalue weighted by molar-refractivity contribution is 5.16. The Morgan fingerprint density at radius 3 is 2.68 bits per heavy atom. The summed E-state index contributed by atoms with van der Waals surface area (Å²) >= 11 is 0. The molecule has 0 spiro atoms. The summed E-state index contributed by atoms with van der Waals surface area (Å²) in [5.74, 6) is 0.790. The summed E-state index contributed by atoms with van der Waals surface area (Å²) in [6.45, 7) is 1.53. The molecule has 2 heterocycles. The van der Waals surface area contributed by atoms with E-state index in [0.717, 1.165) is 24.7 Å². The van der Waals surface area contributed by atoms with Crippen molar-refractivity contribution in [2.24, 2.45) is 5.92 Å². The molecule has 3 rings (SSSR count). The number of piperidine rings is 1. The lowest BCUT2D eigenvalue weighted by Gasteiger charge is -2.27. The Hall–Kier alpha value is -1.14. The smallest absolute Gasteiger partial charge is 0.259 e. The van der Waals surface area contributed by atoms with Gasteiger partial charge in [0, 0.05) is 18.8 Å². The fourth-order valence-corrected chi connectivity index (χ4v) is 3.00. The van der Waals surface area contributed by atoms with Gasteiger partial charge in [-0.2, -0.15) is 13.2 Å². The van der Waals surface area contributed by atoms with E-state index < -0.39 is 11.7 Å². The second-order valence-corrected chi connectivity index (χ2v) is 5.36. The van der Waals surface area contributed by atoms with Crippen LogP contribution in [0.2, 0.25) is 0 Å². The molecule has 1 N–H and O–H groups in total. The van der Waals surface area contributed by atoms with Crippen molar-refractivity contribution in [2.45, 2.75) is 38.0 Å². The van der Waals surface area contributed by atoms with E-state index in [1.54, 1.807) is 0 Å². The summed E-state index contributed by atoms with van der Waals surface area (Å²) in [5.41, 5.74) is 3.21. The van der Waals surface area contributed by atoms with Crippen LogP contribution >= 0.6 is 0 Å². The molecule has 6 heteroatoms. The van der Waals surface area contributed by atoms with Gasteiger partial charge in [0.1, 0.15) is 0 Å². The molecule has 2 fully saturated rings. The summed E-state index contributed by atoms with van der Waals surface area (Å²) in [6, 6.07) is 3.11.